The van der Waals surface area contributed by atoms with Crippen molar-refractivity contribution in [2.75, 3.05) is 25.5 Å². The standard InChI is InChI=1S/C15H24ClN3O/c1-11(2)14(17)7-8-19(3)10-15(20)18-13-6-4-5-12(16)9-13/h4-6,9,11,14H,7-8,10,17H2,1-3H3,(H,18,20). The fourth-order valence-electron chi connectivity index (χ4n) is 1.79. The van der Waals surface area contributed by atoms with Gasteiger partial charge in [-0.25, -0.2) is 0 Å². The molecule has 0 aliphatic carbocycles. The molecule has 0 saturated heterocycles. The first-order valence-corrected chi connectivity index (χ1v) is 7.26. The van der Waals surface area contributed by atoms with E-state index in [2.05, 4.69) is 19.2 Å². The predicted molar refractivity (Wildman–Crippen MR) is 85.0 cm³/mol. The molecule has 1 amide bonds. The number of rotatable bonds is 7. The third-order valence-corrected chi connectivity index (χ3v) is 3.46. The fraction of sp³-hybridized carbons (Fsp3) is 0.533. The molecule has 3 N–H and O–H groups in total. The van der Waals surface area contributed by atoms with Crippen molar-refractivity contribution in [1.29, 1.82) is 0 Å². The number of nitrogens with two attached hydrogens (primary N) is 1. The zero-order valence-electron chi connectivity index (χ0n) is 12.4. The van der Waals surface area contributed by atoms with Crippen molar-refractivity contribution in [3.8, 4) is 0 Å². The summed E-state index contributed by atoms with van der Waals surface area (Å²) in [6, 6.07) is 7.31. The summed E-state index contributed by atoms with van der Waals surface area (Å²) >= 11 is 5.87. The first-order valence-electron chi connectivity index (χ1n) is 6.88. The second-order valence-electron chi connectivity index (χ2n) is 5.49. The molecular formula is C15H24ClN3O. The average molecular weight is 298 g/mol. The lowest BCUT2D eigenvalue weighted by molar-refractivity contribution is -0.117. The summed E-state index contributed by atoms with van der Waals surface area (Å²) in [5.74, 6) is 0.413. The molecule has 1 rings (SSSR count). The van der Waals surface area contributed by atoms with E-state index in [9.17, 15) is 4.79 Å². The van der Waals surface area contributed by atoms with E-state index in [0.29, 0.717) is 17.5 Å². The maximum absolute atomic E-state index is 11.9. The van der Waals surface area contributed by atoms with Crippen molar-refractivity contribution in [1.82, 2.24) is 4.90 Å². The van der Waals surface area contributed by atoms with E-state index < -0.39 is 0 Å². The molecule has 1 aromatic rings. The summed E-state index contributed by atoms with van der Waals surface area (Å²) in [4.78, 5) is 13.9. The minimum absolute atomic E-state index is 0.0483. The zero-order chi connectivity index (χ0) is 15.1. The van der Waals surface area contributed by atoms with Gasteiger partial charge in [-0.15, -0.1) is 0 Å². The number of anilines is 1. The lowest BCUT2D eigenvalue weighted by Gasteiger charge is -2.20. The summed E-state index contributed by atoms with van der Waals surface area (Å²) in [6.45, 7) is 5.37. The molecule has 5 heteroatoms. The zero-order valence-corrected chi connectivity index (χ0v) is 13.2. The summed E-state index contributed by atoms with van der Waals surface area (Å²) in [5, 5.41) is 3.44. The molecule has 0 heterocycles. The Hall–Kier alpha value is -1.10. The second-order valence-corrected chi connectivity index (χ2v) is 5.93. The SMILES string of the molecule is CC(C)C(N)CCN(C)CC(=O)Nc1cccc(Cl)c1. The normalized spacial score (nSPS) is 12.8. The van der Waals surface area contributed by atoms with Gasteiger partial charge < -0.3 is 11.1 Å². The highest BCUT2D eigenvalue weighted by Crippen LogP contribution is 2.14. The van der Waals surface area contributed by atoms with Gasteiger partial charge in [-0.2, -0.15) is 0 Å². The number of likely N-dealkylation sites (N-methyl/N-ethyl adjacent to an activating group) is 1. The van der Waals surface area contributed by atoms with Crippen LogP contribution in [0.25, 0.3) is 0 Å². The molecule has 20 heavy (non-hydrogen) atoms. The highest BCUT2D eigenvalue weighted by Gasteiger charge is 2.11. The van der Waals surface area contributed by atoms with Crippen molar-refractivity contribution >= 4 is 23.2 Å². The van der Waals surface area contributed by atoms with Crippen LogP contribution in [-0.4, -0.2) is 37.0 Å². The summed E-state index contributed by atoms with van der Waals surface area (Å²) in [7, 11) is 1.92. The van der Waals surface area contributed by atoms with E-state index in [4.69, 9.17) is 17.3 Å². The van der Waals surface area contributed by atoms with Crippen molar-refractivity contribution in [3.63, 3.8) is 0 Å². The predicted octanol–water partition coefficient (Wildman–Crippen LogP) is 2.58. The minimum Gasteiger partial charge on any atom is -0.327 e. The molecule has 0 aliphatic rings. The average Bonchev–Trinajstić information content (AvgIpc) is 2.35. The van der Waals surface area contributed by atoms with E-state index in [1.54, 1.807) is 12.1 Å². The van der Waals surface area contributed by atoms with Gasteiger partial charge >= 0.3 is 0 Å². The molecule has 0 saturated carbocycles. The van der Waals surface area contributed by atoms with Gasteiger partial charge in [0.1, 0.15) is 0 Å². The minimum atomic E-state index is -0.0483. The highest BCUT2D eigenvalue weighted by molar-refractivity contribution is 6.30. The smallest absolute Gasteiger partial charge is 0.238 e. The van der Waals surface area contributed by atoms with Crippen molar-refractivity contribution in [2.24, 2.45) is 11.7 Å². The van der Waals surface area contributed by atoms with Gasteiger partial charge in [-0.3, -0.25) is 9.69 Å². The van der Waals surface area contributed by atoms with Crippen LogP contribution < -0.4 is 11.1 Å². The molecule has 0 bridgehead atoms. The first-order chi connectivity index (χ1) is 9.38. The number of benzene rings is 1. The summed E-state index contributed by atoms with van der Waals surface area (Å²) in [5.41, 5.74) is 6.71. The van der Waals surface area contributed by atoms with Crippen molar-refractivity contribution in [3.05, 3.63) is 29.3 Å². The van der Waals surface area contributed by atoms with E-state index in [-0.39, 0.29) is 11.9 Å². The maximum atomic E-state index is 11.9. The Labute approximate surface area is 126 Å². The van der Waals surface area contributed by atoms with Gasteiger partial charge in [-0.05, 0) is 44.1 Å². The molecule has 4 nitrogen and oxygen atoms in total. The number of nitrogens with one attached hydrogen (secondary N) is 1. The Kier molecular flexibility index (Phi) is 6.99. The first kappa shape index (κ1) is 17.0. The Morgan fingerprint density at radius 3 is 2.75 bits per heavy atom. The van der Waals surface area contributed by atoms with Gasteiger partial charge in [0.15, 0.2) is 0 Å². The quantitative estimate of drug-likeness (QED) is 0.813. The molecule has 0 fully saturated rings. The third-order valence-electron chi connectivity index (χ3n) is 3.22. The third kappa shape index (κ3) is 6.37. The number of carbonyl (C=O) groups is 1. The van der Waals surface area contributed by atoms with E-state index in [1.165, 1.54) is 0 Å². The molecule has 112 valence electrons. The monoisotopic (exact) mass is 297 g/mol. The van der Waals surface area contributed by atoms with Crippen molar-refractivity contribution in [2.45, 2.75) is 26.3 Å². The lowest BCUT2D eigenvalue weighted by Crippen LogP contribution is -2.35. The molecular weight excluding hydrogens is 274 g/mol. The van der Waals surface area contributed by atoms with E-state index >= 15 is 0 Å². The number of hydrogen-bond acceptors (Lipinski definition) is 3. The molecule has 0 radical (unpaired) electrons. The molecule has 1 unspecified atom stereocenters. The largest absolute Gasteiger partial charge is 0.327 e. The van der Waals surface area contributed by atoms with Gasteiger partial charge in [0.05, 0.1) is 6.54 Å². The van der Waals surface area contributed by atoms with Crippen LogP contribution >= 0.6 is 11.6 Å². The Bertz CT molecular complexity index is 437. The van der Waals surface area contributed by atoms with Crippen LogP contribution in [0.5, 0.6) is 0 Å². The lowest BCUT2D eigenvalue weighted by atomic mass is 10.0. The number of halogens is 1. The Balaban J connectivity index is 2.35. The van der Waals surface area contributed by atoms with Crippen LogP contribution in [0.2, 0.25) is 5.02 Å². The molecule has 0 spiro atoms. The maximum Gasteiger partial charge on any atom is 0.238 e. The van der Waals surface area contributed by atoms with Crippen LogP contribution in [-0.2, 0) is 4.79 Å². The van der Waals surface area contributed by atoms with Crippen LogP contribution in [0, 0.1) is 5.92 Å². The highest BCUT2D eigenvalue weighted by atomic mass is 35.5. The second kappa shape index (κ2) is 8.25. The van der Waals surface area contributed by atoms with Crippen LogP contribution in [0.15, 0.2) is 24.3 Å². The molecule has 1 atom stereocenters. The topological polar surface area (TPSA) is 58.4 Å². The van der Waals surface area contributed by atoms with Gasteiger partial charge in [-0.1, -0.05) is 31.5 Å². The number of hydrogen-bond donors (Lipinski definition) is 2. The van der Waals surface area contributed by atoms with E-state index in [1.807, 2.05) is 24.1 Å². The number of carbonyl (C=O) groups excluding carboxylic acids is 1. The van der Waals surface area contributed by atoms with Crippen LogP contribution in [0.4, 0.5) is 5.69 Å². The fourth-order valence-corrected chi connectivity index (χ4v) is 1.98. The number of nitrogens with zero attached hydrogens (tertiary/aromatic N) is 1. The van der Waals surface area contributed by atoms with Gasteiger partial charge in [0, 0.05) is 16.8 Å². The Morgan fingerprint density at radius 1 is 1.45 bits per heavy atom. The van der Waals surface area contributed by atoms with Crippen LogP contribution in [0.3, 0.4) is 0 Å². The molecule has 0 aromatic heterocycles. The Morgan fingerprint density at radius 2 is 2.15 bits per heavy atom. The van der Waals surface area contributed by atoms with E-state index in [0.717, 1.165) is 18.7 Å². The summed E-state index contributed by atoms with van der Waals surface area (Å²) < 4.78 is 0. The van der Waals surface area contributed by atoms with Gasteiger partial charge in [0.2, 0.25) is 5.91 Å². The molecule has 1 aromatic carbocycles. The van der Waals surface area contributed by atoms with Gasteiger partial charge in [0.25, 0.3) is 0 Å². The van der Waals surface area contributed by atoms with Crippen LogP contribution in [0.1, 0.15) is 20.3 Å². The van der Waals surface area contributed by atoms with Crippen molar-refractivity contribution < 1.29 is 4.79 Å². The number of amides is 1. The molecule has 0 aliphatic heterocycles. The summed E-state index contributed by atoms with van der Waals surface area (Å²) in [6.07, 6.45) is 0.888.